The first-order valence-corrected chi connectivity index (χ1v) is 8.68. The minimum atomic E-state index is -0.341. The molecule has 5 nitrogen and oxygen atoms in total. The van der Waals surface area contributed by atoms with Gasteiger partial charge in [-0.3, -0.25) is 19.3 Å². The topological polar surface area (TPSA) is 66.5 Å². The van der Waals surface area contributed by atoms with Crippen LogP contribution < -0.4 is 5.32 Å². The van der Waals surface area contributed by atoms with E-state index < -0.39 is 0 Å². The zero-order valence-electron chi connectivity index (χ0n) is 13.0. The first-order chi connectivity index (χ1) is 11.0. The highest BCUT2D eigenvalue weighted by Crippen LogP contribution is 2.37. The van der Waals surface area contributed by atoms with Crippen molar-refractivity contribution in [2.24, 2.45) is 11.8 Å². The van der Waals surface area contributed by atoms with Crippen LogP contribution in [0.15, 0.2) is 22.7 Å². The number of fused-ring (bicyclic) bond motifs is 1. The number of rotatable bonds is 3. The summed E-state index contributed by atoms with van der Waals surface area (Å²) in [6.45, 7) is 1.73. The summed E-state index contributed by atoms with van der Waals surface area (Å²) < 4.78 is 0.962. The lowest BCUT2D eigenvalue weighted by molar-refractivity contribution is -0.142. The summed E-state index contributed by atoms with van der Waals surface area (Å²) in [5.74, 6) is -1.12. The third kappa shape index (κ3) is 3.17. The van der Waals surface area contributed by atoms with Gasteiger partial charge in [0.2, 0.25) is 17.7 Å². The van der Waals surface area contributed by atoms with E-state index in [0.717, 1.165) is 40.6 Å². The van der Waals surface area contributed by atoms with E-state index >= 15 is 0 Å². The first-order valence-electron chi connectivity index (χ1n) is 7.88. The predicted octanol–water partition coefficient (Wildman–Crippen LogP) is 2.87. The molecule has 1 aliphatic carbocycles. The first kappa shape index (κ1) is 16.2. The number of hydrogen-bond donors (Lipinski definition) is 1. The fourth-order valence-electron chi connectivity index (χ4n) is 3.45. The van der Waals surface area contributed by atoms with Crippen molar-refractivity contribution in [1.29, 1.82) is 0 Å². The van der Waals surface area contributed by atoms with Crippen LogP contribution in [0.1, 0.15) is 31.2 Å². The molecule has 1 aromatic carbocycles. The van der Waals surface area contributed by atoms with Crippen molar-refractivity contribution in [3.8, 4) is 0 Å². The third-order valence-electron chi connectivity index (χ3n) is 4.68. The number of nitrogens with zero attached hydrogens (tertiary/aromatic N) is 1. The van der Waals surface area contributed by atoms with Gasteiger partial charge >= 0.3 is 0 Å². The van der Waals surface area contributed by atoms with Crippen molar-refractivity contribution in [1.82, 2.24) is 4.90 Å². The van der Waals surface area contributed by atoms with E-state index in [1.54, 1.807) is 6.07 Å². The predicted molar refractivity (Wildman–Crippen MR) is 89.7 cm³/mol. The lowest BCUT2D eigenvalue weighted by Crippen LogP contribution is -2.38. The molecule has 2 atom stereocenters. The molecule has 0 spiro atoms. The molecule has 2 unspecified atom stereocenters. The Labute approximate surface area is 143 Å². The Bertz CT molecular complexity index is 650. The average molecular weight is 379 g/mol. The normalized spacial score (nSPS) is 23.8. The molecule has 1 saturated carbocycles. The number of imide groups is 1. The Hall–Kier alpha value is -1.69. The van der Waals surface area contributed by atoms with E-state index in [4.69, 9.17) is 0 Å². The van der Waals surface area contributed by atoms with Gasteiger partial charge in [-0.1, -0.05) is 28.8 Å². The van der Waals surface area contributed by atoms with Crippen molar-refractivity contribution >= 4 is 39.3 Å². The maximum absolute atomic E-state index is 12.4. The third-order valence-corrected chi connectivity index (χ3v) is 5.57. The van der Waals surface area contributed by atoms with Gasteiger partial charge in [0.05, 0.1) is 11.8 Å². The summed E-state index contributed by atoms with van der Waals surface area (Å²) in [5.41, 5.74) is 1.66. The molecule has 6 heteroatoms. The number of anilines is 1. The Balaban J connectivity index is 1.66. The Kier molecular flexibility index (Phi) is 4.53. The number of hydrogen-bond acceptors (Lipinski definition) is 3. The van der Waals surface area contributed by atoms with Gasteiger partial charge in [0.1, 0.15) is 6.54 Å². The van der Waals surface area contributed by atoms with E-state index in [0.29, 0.717) is 5.69 Å². The molecule has 23 heavy (non-hydrogen) atoms. The molecule has 2 aliphatic rings. The standard InChI is InChI=1S/C17H19BrN2O3/c1-10-8-11(6-7-14(10)18)19-15(21)9-20-16(22)12-4-2-3-5-13(12)17(20)23/h6-8,12-13H,2-5,9H2,1H3,(H,19,21). The summed E-state index contributed by atoms with van der Waals surface area (Å²) in [4.78, 5) is 38.0. The van der Waals surface area contributed by atoms with E-state index in [1.807, 2.05) is 19.1 Å². The van der Waals surface area contributed by atoms with Gasteiger partial charge < -0.3 is 5.32 Å². The summed E-state index contributed by atoms with van der Waals surface area (Å²) >= 11 is 3.41. The van der Waals surface area contributed by atoms with E-state index in [9.17, 15) is 14.4 Å². The molecule has 1 aliphatic heterocycles. The molecule has 3 amide bonds. The fraction of sp³-hybridized carbons (Fsp3) is 0.471. The Morgan fingerprint density at radius 2 is 1.83 bits per heavy atom. The average Bonchev–Trinajstić information content (AvgIpc) is 2.76. The highest BCUT2D eigenvalue weighted by Gasteiger charge is 2.48. The molecule has 0 radical (unpaired) electrons. The largest absolute Gasteiger partial charge is 0.325 e. The smallest absolute Gasteiger partial charge is 0.244 e. The van der Waals surface area contributed by atoms with Crippen LogP contribution in [0.3, 0.4) is 0 Å². The molecule has 1 heterocycles. The molecule has 122 valence electrons. The van der Waals surface area contributed by atoms with Crippen LogP contribution >= 0.6 is 15.9 Å². The van der Waals surface area contributed by atoms with E-state index in [-0.39, 0.29) is 36.1 Å². The summed E-state index contributed by atoms with van der Waals surface area (Å²) in [6.07, 6.45) is 3.50. The van der Waals surface area contributed by atoms with Crippen molar-refractivity contribution in [3.63, 3.8) is 0 Å². The van der Waals surface area contributed by atoms with Crippen LogP contribution in [-0.2, 0) is 14.4 Å². The number of amides is 3. The molecular weight excluding hydrogens is 360 g/mol. The van der Waals surface area contributed by atoms with E-state index in [2.05, 4.69) is 21.2 Å². The lowest BCUT2D eigenvalue weighted by atomic mass is 9.81. The number of benzene rings is 1. The van der Waals surface area contributed by atoms with Crippen molar-refractivity contribution in [2.75, 3.05) is 11.9 Å². The van der Waals surface area contributed by atoms with Crippen LogP contribution in [0.25, 0.3) is 0 Å². The van der Waals surface area contributed by atoms with Crippen molar-refractivity contribution in [3.05, 3.63) is 28.2 Å². The molecule has 1 N–H and O–H groups in total. The van der Waals surface area contributed by atoms with Gasteiger partial charge in [0.15, 0.2) is 0 Å². The van der Waals surface area contributed by atoms with Gasteiger partial charge in [0, 0.05) is 10.2 Å². The van der Waals surface area contributed by atoms with Gasteiger partial charge in [-0.2, -0.15) is 0 Å². The number of carbonyl (C=O) groups is 3. The number of carbonyl (C=O) groups excluding carboxylic acids is 3. The van der Waals surface area contributed by atoms with Crippen molar-refractivity contribution in [2.45, 2.75) is 32.6 Å². The molecule has 3 rings (SSSR count). The number of nitrogens with one attached hydrogen (secondary N) is 1. The highest BCUT2D eigenvalue weighted by molar-refractivity contribution is 9.10. The van der Waals surface area contributed by atoms with Crippen LogP contribution in [0.2, 0.25) is 0 Å². The fourth-order valence-corrected chi connectivity index (χ4v) is 3.70. The maximum atomic E-state index is 12.4. The number of aryl methyl sites for hydroxylation is 1. The van der Waals surface area contributed by atoms with Crippen LogP contribution in [-0.4, -0.2) is 29.2 Å². The minimum Gasteiger partial charge on any atom is -0.325 e. The van der Waals surface area contributed by atoms with Gasteiger partial charge in [-0.05, 0) is 43.5 Å². The SMILES string of the molecule is Cc1cc(NC(=O)CN2C(=O)C3CCCCC3C2=O)ccc1Br. The second-order valence-electron chi connectivity index (χ2n) is 6.27. The quantitative estimate of drug-likeness (QED) is 0.822. The highest BCUT2D eigenvalue weighted by atomic mass is 79.9. The summed E-state index contributed by atoms with van der Waals surface area (Å²) in [7, 11) is 0. The lowest BCUT2D eigenvalue weighted by Gasteiger charge is -2.19. The van der Waals surface area contributed by atoms with Gasteiger partial charge in [-0.15, -0.1) is 0 Å². The zero-order valence-corrected chi connectivity index (χ0v) is 14.6. The Morgan fingerprint density at radius 3 is 2.39 bits per heavy atom. The molecule has 0 aromatic heterocycles. The van der Waals surface area contributed by atoms with Crippen LogP contribution in [0, 0.1) is 18.8 Å². The molecule has 2 fully saturated rings. The number of halogens is 1. The van der Waals surface area contributed by atoms with Gasteiger partial charge in [-0.25, -0.2) is 0 Å². The summed E-state index contributed by atoms with van der Waals surface area (Å²) in [6, 6.07) is 5.48. The Morgan fingerprint density at radius 1 is 1.22 bits per heavy atom. The zero-order chi connectivity index (χ0) is 16.6. The van der Waals surface area contributed by atoms with Crippen molar-refractivity contribution < 1.29 is 14.4 Å². The van der Waals surface area contributed by atoms with Gasteiger partial charge in [0.25, 0.3) is 0 Å². The molecule has 1 saturated heterocycles. The summed E-state index contributed by atoms with van der Waals surface area (Å²) in [5, 5.41) is 2.75. The van der Waals surface area contributed by atoms with E-state index in [1.165, 1.54) is 0 Å². The second kappa shape index (κ2) is 6.43. The second-order valence-corrected chi connectivity index (χ2v) is 7.13. The van der Waals surface area contributed by atoms with Crippen LogP contribution in [0.4, 0.5) is 5.69 Å². The molecule has 0 bridgehead atoms. The number of likely N-dealkylation sites (tertiary alicyclic amines) is 1. The van der Waals surface area contributed by atoms with Crippen LogP contribution in [0.5, 0.6) is 0 Å². The minimum absolute atomic E-state index is 0.179. The molecular formula is C17H19BrN2O3. The molecule has 1 aromatic rings. The monoisotopic (exact) mass is 378 g/mol. The maximum Gasteiger partial charge on any atom is 0.244 e.